The molecule has 1 N–H and O–H groups in total. The molecule has 3 aromatic rings. The number of hydrogen-bond acceptors (Lipinski definition) is 3. The van der Waals surface area contributed by atoms with Gasteiger partial charge in [0.05, 0.1) is 4.47 Å². The minimum absolute atomic E-state index is 0.0471. The number of anilines is 1. The zero-order chi connectivity index (χ0) is 22.4. The molecule has 0 radical (unpaired) electrons. The van der Waals surface area contributed by atoms with Crippen LogP contribution in [0.3, 0.4) is 0 Å². The number of carbonyl (C=O) groups is 1. The number of amides is 1. The molecule has 0 aromatic heterocycles. The normalized spacial score (nSPS) is 11.0. The third-order valence-electron chi connectivity index (χ3n) is 4.31. The molecule has 0 atom stereocenters. The summed E-state index contributed by atoms with van der Waals surface area (Å²) in [6.07, 6.45) is 1.50. The minimum atomic E-state index is -0.499. The average molecular weight is 561 g/mol. The fourth-order valence-corrected chi connectivity index (χ4v) is 4.39. The zero-order valence-corrected chi connectivity index (χ0v) is 20.4. The van der Waals surface area contributed by atoms with Crippen LogP contribution in [0.2, 0.25) is 5.02 Å². The lowest BCUT2D eigenvalue weighted by molar-refractivity contribution is -0.112. The SMILES string of the molecule is Cc1cccc(NC(=O)/C(C#N)=C/c2cc(Br)cc(Br)c2OCc2ccccc2Cl)c1. The van der Waals surface area contributed by atoms with Gasteiger partial charge in [-0.2, -0.15) is 5.26 Å². The van der Waals surface area contributed by atoms with E-state index in [0.717, 1.165) is 15.6 Å². The summed E-state index contributed by atoms with van der Waals surface area (Å²) in [5.74, 6) is 0.000442. The predicted molar refractivity (Wildman–Crippen MR) is 131 cm³/mol. The van der Waals surface area contributed by atoms with E-state index < -0.39 is 5.91 Å². The maximum absolute atomic E-state index is 12.7. The molecule has 0 saturated carbocycles. The summed E-state index contributed by atoms with van der Waals surface area (Å²) in [6.45, 7) is 2.16. The summed E-state index contributed by atoms with van der Waals surface area (Å²) in [7, 11) is 0. The Hall–Kier alpha value is -2.59. The summed E-state index contributed by atoms with van der Waals surface area (Å²) in [5, 5.41) is 13.0. The van der Waals surface area contributed by atoms with Crippen LogP contribution in [-0.2, 0) is 11.4 Å². The fourth-order valence-electron chi connectivity index (χ4n) is 2.83. The first kappa shape index (κ1) is 23.1. The Labute approximate surface area is 202 Å². The lowest BCUT2D eigenvalue weighted by Crippen LogP contribution is -2.13. The first-order valence-electron chi connectivity index (χ1n) is 9.22. The van der Waals surface area contributed by atoms with Gasteiger partial charge in [0.2, 0.25) is 0 Å². The van der Waals surface area contributed by atoms with Gasteiger partial charge in [0, 0.05) is 26.3 Å². The van der Waals surface area contributed by atoms with Crippen LogP contribution < -0.4 is 10.1 Å². The first-order chi connectivity index (χ1) is 14.9. The number of nitrogens with zero attached hydrogens (tertiary/aromatic N) is 1. The zero-order valence-electron chi connectivity index (χ0n) is 16.5. The van der Waals surface area contributed by atoms with Gasteiger partial charge in [0.1, 0.15) is 24.0 Å². The maximum Gasteiger partial charge on any atom is 0.266 e. The molecule has 0 heterocycles. The van der Waals surface area contributed by atoms with Gasteiger partial charge < -0.3 is 10.1 Å². The van der Waals surface area contributed by atoms with E-state index in [9.17, 15) is 10.1 Å². The standard InChI is InChI=1S/C24H17Br2ClN2O2/c1-15-5-4-7-20(9-15)29-24(30)18(13-28)10-17-11-19(25)12-21(26)23(17)31-14-16-6-2-3-8-22(16)27/h2-12H,14H2,1H3,(H,29,30)/b18-10+. The quantitative estimate of drug-likeness (QED) is 0.254. The molecule has 0 aliphatic heterocycles. The third kappa shape index (κ3) is 6.20. The lowest BCUT2D eigenvalue weighted by atomic mass is 10.1. The molecular weight excluding hydrogens is 544 g/mol. The Morgan fingerprint density at radius 2 is 1.94 bits per heavy atom. The van der Waals surface area contributed by atoms with Crippen molar-refractivity contribution < 1.29 is 9.53 Å². The number of carbonyl (C=O) groups excluding carboxylic acids is 1. The fraction of sp³-hybridized carbons (Fsp3) is 0.0833. The largest absolute Gasteiger partial charge is 0.487 e. The molecule has 0 unspecified atom stereocenters. The molecule has 4 nitrogen and oxygen atoms in total. The number of benzene rings is 3. The molecule has 0 aliphatic carbocycles. The van der Waals surface area contributed by atoms with Gasteiger partial charge in [0.15, 0.2) is 0 Å². The van der Waals surface area contributed by atoms with E-state index in [1.54, 1.807) is 18.2 Å². The molecule has 3 aromatic carbocycles. The third-order valence-corrected chi connectivity index (χ3v) is 5.72. The van der Waals surface area contributed by atoms with E-state index in [-0.39, 0.29) is 12.2 Å². The van der Waals surface area contributed by atoms with Crippen molar-refractivity contribution in [1.29, 1.82) is 5.26 Å². The average Bonchev–Trinajstić information content (AvgIpc) is 2.72. The number of nitrogens with one attached hydrogen (secondary N) is 1. The molecule has 0 bridgehead atoms. The molecule has 156 valence electrons. The van der Waals surface area contributed by atoms with Gasteiger partial charge in [0.25, 0.3) is 5.91 Å². The van der Waals surface area contributed by atoms with Crippen molar-refractivity contribution in [3.63, 3.8) is 0 Å². The monoisotopic (exact) mass is 558 g/mol. The smallest absolute Gasteiger partial charge is 0.266 e. The van der Waals surface area contributed by atoms with E-state index in [0.29, 0.717) is 26.5 Å². The van der Waals surface area contributed by atoms with Crippen LogP contribution in [0.15, 0.2) is 75.2 Å². The number of aryl methyl sites for hydroxylation is 1. The Bertz CT molecular complexity index is 1200. The highest BCUT2D eigenvalue weighted by atomic mass is 79.9. The Morgan fingerprint density at radius 1 is 1.16 bits per heavy atom. The Kier molecular flexibility index (Phi) is 7.91. The molecule has 0 aliphatic rings. The molecule has 7 heteroatoms. The Morgan fingerprint density at radius 3 is 2.65 bits per heavy atom. The second-order valence-electron chi connectivity index (χ2n) is 6.68. The second-order valence-corrected chi connectivity index (χ2v) is 8.86. The second kappa shape index (κ2) is 10.6. The number of ether oxygens (including phenoxy) is 1. The van der Waals surface area contributed by atoms with Crippen molar-refractivity contribution in [2.45, 2.75) is 13.5 Å². The van der Waals surface area contributed by atoms with E-state index >= 15 is 0 Å². The van der Waals surface area contributed by atoms with Gasteiger partial charge in [-0.3, -0.25) is 4.79 Å². The minimum Gasteiger partial charge on any atom is -0.487 e. The van der Waals surface area contributed by atoms with Gasteiger partial charge >= 0.3 is 0 Å². The van der Waals surface area contributed by atoms with Crippen molar-refractivity contribution in [2.24, 2.45) is 0 Å². The predicted octanol–water partition coefficient (Wildman–Crippen LogP) is 7.30. The van der Waals surface area contributed by atoms with E-state index in [2.05, 4.69) is 37.2 Å². The van der Waals surface area contributed by atoms with Crippen LogP contribution in [0.4, 0.5) is 5.69 Å². The molecule has 3 rings (SSSR count). The topological polar surface area (TPSA) is 62.1 Å². The highest BCUT2D eigenvalue weighted by Crippen LogP contribution is 2.35. The summed E-state index contributed by atoms with van der Waals surface area (Å²) in [6, 6.07) is 20.4. The summed E-state index contributed by atoms with van der Waals surface area (Å²) < 4.78 is 7.46. The van der Waals surface area contributed by atoms with Crippen LogP contribution >= 0.6 is 43.5 Å². The van der Waals surface area contributed by atoms with Gasteiger partial charge in [-0.25, -0.2) is 0 Å². The highest BCUT2D eigenvalue weighted by Gasteiger charge is 2.15. The molecule has 0 spiro atoms. The number of nitriles is 1. The summed E-state index contributed by atoms with van der Waals surface area (Å²) in [4.78, 5) is 12.7. The molecule has 1 amide bonds. The lowest BCUT2D eigenvalue weighted by Gasteiger charge is -2.13. The van der Waals surface area contributed by atoms with Crippen LogP contribution in [0.5, 0.6) is 5.75 Å². The van der Waals surface area contributed by atoms with Crippen LogP contribution in [-0.4, -0.2) is 5.91 Å². The molecule has 0 fully saturated rings. The number of halogens is 3. The van der Waals surface area contributed by atoms with E-state index in [4.69, 9.17) is 16.3 Å². The molecule has 31 heavy (non-hydrogen) atoms. The van der Waals surface area contributed by atoms with Crippen LogP contribution in [0.1, 0.15) is 16.7 Å². The van der Waals surface area contributed by atoms with E-state index in [1.807, 2.05) is 55.5 Å². The highest BCUT2D eigenvalue weighted by molar-refractivity contribution is 9.11. The molecular formula is C24H17Br2ClN2O2. The van der Waals surface area contributed by atoms with Crippen molar-refractivity contribution >= 4 is 61.1 Å². The van der Waals surface area contributed by atoms with Gasteiger partial charge in [-0.1, -0.05) is 57.9 Å². The Balaban J connectivity index is 1.90. The molecule has 0 saturated heterocycles. The first-order valence-corrected chi connectivity index (χ1v) is 11.2. The van der Waals surface area contributed by atoms with Crippen LogP contribution in [0.25, 0.3) is 6.08 Å². The maximum atomic E-state index is 12.7. The van der Waals surface area contributed by atoms with E-state index in [1.165, 1.54) is 6.08 Å². The van der Waals surface area contributed by atoms with Crippen molar-refractivity contribution in [3.05, 3.63) is 96.9 Å². The number of hydrogen-bond donors (Lipinski definition) is 1. The van der Waals surface area contributed by atoms with Crippen LogP contribution in [0, 0.1) is 18.3 Å². The number of rotatable bonds is 6. The summed E-state index contributed by atoms with van der Waals surface area (Å²) >= 11 is 13.2. The summed E-state index contributed by atoms with van der Waals surface area (Å²) in [5.41, 5.74) is 2.98. The van der Waals surface area contributed by atoms with Gasteiger partial charge in [-0.05, 0) is 64.8 Å². The van der Waals surface area contributed by atoms with Crippen molar-refractivity contribution in [1.82, 2.24) is 0 Å². The van der Waals surface area contributed by atoms with Crippen molar-refractivity contribution in [2.75, 3.05) is 5.32 Å². The van der Waals surface area contributed by atoms with Gasteiger partial charge in [-0.15, -0.1) is 0 Å². The van der Waals surface area contributed by atoms with Crippen molar-refractivity contribution in [3.8, 4) is 11.8 Å².